The first-order valence-corrected chi connectivity index (χ1v) is 6.54. The summed E-state index contributed by atoms with van der Waals surface area (Å²) in [6.45, 7) is 0. The topological polar surface area (TPSA) is 66.2 Å². The summed E-state index contributed by atoms with van der Waals surface area (Å²) >= 11 is 0. The maximum atomic E-state index is 12.5. The molecule has 0 fully saturated rings. The van der Waals surface area contributed by atoms with Gasteiger partial charge in [-0.05, 0) is 48.5 Å². The Morgan fingerprint density at radius 3 is 2.81 bits per heavy atom. The lowest BCUT2D eigenvalue weighted by molar-refractivity contribution is 0.103. The summed E-state index contributed by atoms with van der Waals surface area (Å²) in [6.07, 6.45) is 1.60. The predicted molar refractivity (Wildman–Crippen MR) is 79.6 cm³/mol. The Hall–Kier alpha value is -3.01. The molecule has 4 heteroatoms. The molecule has 21 heavy (non-hydrogen) atoms. The van der Waals surface area contributed by atoms with Crippen molar-refractivity contribution in [3.05, 3.63) is 66.1 Å². The minimum Gasteiger partial charge on any atom is -0.508 e. The van der Waals surface area contributed by atoms with Crippen LogP contribution in [-0.4, -0.2) is 15.9 Å². The smallest absolute Gasteiger partial charge is 0.209 e. The zero-order valence-electron chi connectivity index (χ0n) is 11.0. The number of carbonyl (C=O) groups is 1. The zero-order valence-corrected chi connectivity index (χ0v) is 11.0. The van der Waals surface area contributed by atoms with E-state index < -0.39 is 0 Å². The molecule has 0 radical (unpaired) electrons. The van der Waals surface area contributed by atoms with E-state index >= 15 is 0 Å². The van der Waals surface area contributed by atoms with E-state index in [0.29, 0.717) is 11.3 Å². The molecule has 2 aromatic heterocycles. The molecule has 102 valence electrons. The van der Waals surface area contributed by atoms with Crippen molar-refractivity contribution in [2.75, 3.05) is 0 Å². The average molecular weight is 277 g/mol. The SMILES string of the molecule is O=C(c1ccc2occc2c1)c1cc2cc(O)ccc2[nH]1. The van der Waals surface area contributed by atoms with Crippen LogP contribution in [-0.2, 0) is 0 Å². The molecule has 0 amide bonds. The van der Waals surface area contributed by atoms with Crippen molar-refractivity contribution in [1.82, 2.24) is 4.98 Å². The monoisotopic (exact) mass is 277 g/mol. The molecule has 0 aliphatic carbocycles. The van der Waals surface area contributed by atoms with Crippen LogP contribution in [0.3, 0.4) is 0 Å². The van der Waals surface area contributed by atoms with Gasteiger partial charge in [-0.2, -0.15) is 0 Å². The molecule has 2 heterocycles. The first-order valence-electron chi connectivity index (χ1n) is 6.54. The van der Waals surface area contributed by atoms with Crippen LogP contribution in [0, 0.1) is 0 Å². The summed E-state index contributed by atoms with van der Waals surface area (Å²) in [5, 5.41) is 11.2. The van der Waals surface area contributed by atoms with E-state index in [0.717, 1.165) is 21.9 Å². The van der Waals surface area contributed by atoms with Gasteiger partial charge in [-0.1, -0.05) is 0 Å². The lowest BCUT2D eigenvalue weighted by Crippen LogP contribution is -2.00. The number of H-pyrrole nitrogens is 1. The summed E-state index contributed by atoms with van der Waals surface area (Å²) in [6, 6.07) is 13.9. The van der Waals surface area contributed by atoms with Crippen LogP contribution in [0.1, 0.15) is 16.1 Å². The molecule has 0 saturated heterocycles. The van der Waals surface area contributed by atoms with Crippen LogP contribution in [0.15, 0.2) is 59.2 Å². The van der Waals surface area contributed by atoms with Gasteiger partial charge in [0.15, 0.2) is 0 Å². The number of furan rings is 1. The van der Waals surface area contributed by atoms with Gasteiger partial charge >= 0.3 is 0 Å². The molecule has 0 aliphatic rings. The molecule has 0 spiro atoms. The molecule has 0 atom stereocenters. The molecule has 2 aromatic carbocycles. The minimum absolute atomic E-state index is 0.0891. The number of phenolic OH excluding ortho intramolecular Hbond substituents is 1. The number of hydrogen-bond donors (Lipinski definition) is 2. The Morgan fingerprint density at radius 1 is 1.00 bits per heavy atom. The molecule has 4 rings (SSSR count). The summed E-state index contributed by atoms with van der Waals surface area (Å²) in [5.74, 6) is 0.0918. The van der Waals surface area contributed by atoms with Crippen molar-refractivity contribution in [2.45, 2.75) is 0 Å². The Bertz CT molecular complexity index is 978. The van der Waals surface area contributed by atoms with Gasteiger partial charge in [0.25, 0.3) is 0 Å². The molecule has 4 nitrogen and oxygen atoms in total. The molecule has 0 bridgehead atoms. The number of carbonyl (C=O) groups excluding carboxylic acids is 1. The van der Waals surface area contributed by atoms with Crippen molar-refractivity contribution in [1.29, 1.82) is 0 Å². The maximum absolute atomic E-state index is 12.5. The number of nitrogens with one attached hydrogen (secondary N) is 1. The van der Waals surface area contributed by atoms with Gasteiger partial charge < -0.3 is 14.5 Å². The highest BCUT2D eigenvalue weighted by atomic mass is 16.3. The largest absolute Gasteiger partial charge is 0.508 e. The number of hydrogen-bond acceptors (Lipinski definition) is 3. The normalized spacial score (nSPS) is 11.2. The lowest BCUT2D eigenvalue weighted by Gasteiger charge is -1.98. The van der Waals surface area contributed by atoms with Crippen molar-refractivity contribution in [2.24, 2.45) is 0 Å². The van der Waals surface area contributed by atoms with Crippen LogP contribution in [0.25, 0.3) is 21.9 Å². The molecule has 4 aromatic rings. The van der Waals surface area contributed by atoms with E-state index in [1.165, 1.54) is 0 Å². The van der Waals surface area contributed by atoms with Gasteiger partial charge in [0, 0.05) is 21.9 Å². The lowest BCUT2D eigenvalue weighted by atomic mass is 10.1. The first kappa shape index (κ1) is 11.8. The molecule has 2 N–H and O–H groups in total. The number of aromatic hydroxyl groups is 1. The predicted octanol–water partition coefficient (Wildman–Crippen LogP) is 3.85. The summed E-state index contributed by atoms with van der Waals surface area (Å²) in [5.41, 5.74) is 2.67. The van der Waals surface area contributed by atoms with E-state index in [-0.39, 0.29) is 11.5 Å². The van der Waals surface area contributed by atoms with Crippen molar-refractivity contribution in [3.8, 4) is 5.75 Å². The number of ketones is 1. The van der Waals surface area contributed by atoms with Crippen molar-refractivity contribution >= 4 is 27.7 Å². The second-order valence-corrected chi connectivity index (χ2v) is 4.96. The summed E-state index contributed by atoms with van der Waals surface area (Å²) in [4.78, 5) is 15.6. The van der Waals surface area contributed by atoms with Crippen LogP contribution < -0.4 is 0 Å². The number of aromatic amines is 1. The highest BCUT2D eigenvalue weighted by Crippen LogP contribution is 2.23. The molecule has 0 unspecified atom stereocenters. The number of benzene rings is 2. The zero-order chi connectivity index (χ0) is 14.4. The fourth-order valence-corrected chi connectivity index (χ4v) is 2.51. The van der Waals surface area contributed by atoms with E-state index in [1.54, 1.807) is 42.7 Å². The van der Waals surface area contributed by atoms with E-state index in [9.17, 15) is 9.90 Å². The standard InChI is InChI=1S/C17H11NO3/c19-13-2-3-14-12(8-13)9-15(18-14)17(20)11-1-4-16-10(7-11)5-6-21-16/h1-9,18-19H. The number of aromatic nitrogens is 1. The second kappa shape index (κ2) is 4.24. The Labute approximate surface area is 119 Å². The second-order valence-electron chi connectivity index (χ2n) is 4.96. The Morgan fingerprint density at radius 2 is 1.90 bits per heavy atom. The number of fused-ring (bicyclic) bond motifs is 2. The molecular formula is C17H11NO3. The minimum atomic E-state index is -0.0891. The fraction of sp³-hybridized carbons (Fsp3) is 0. The van der Waals surface area contributed by atoms with Gasteiger partial charge in [0.2, 0.25) is 5.78 Å². The third-order valence-corrected chi connectivity index (χ3v) is 3.56. The van der Waals surface area contributed by atoms with Gasteiger partial charge in [-0.15, -0.1) is 0 Å². The number of phenols is 1. The summed E-state index contributed by atoms with van der Waals surface area (Å²) in [7, 11) is 0. The summed E-state index contributed by atoms with van der Waals surface area (Å²) < 4.78 is 5.27. The number of rotatable bonds is 2. The van der Waals surface area contributed by atoms with Gasteiger partial charge in [-0.3, -0.25) is 4.79 Å². The third-order valence-electron chi connectivity index (χ3n) is 3.56. The van der Waals surface area contributed by atoms with Crippen molar-refractivity contribution in [3.63, 3.8) is 0 Å². The van der Waals surface area contributed by atoms with Gasteiger partial charge in [-0.25, -0.2) is 0 Å². The highest BCUT2D eigenvalue weighted by Gasteiger charge is 2.13. The van der Waals surface area contributed by atoms with Crippen molar-refractivity contribution < 1.29 is 14.3 Å². The van der Waals surface area contributed by atoms with E-state index in [1.807, 2.05) is 12.1 Å². The van der Waals surface area contributed by atoms with Gasteiger partial charge in [0.1, 0.15) is 11.3 Å². The van der Waals surface area contributed by atoms with Crippen LogP contribution in [0.4, 0.5) is 0 Å². The average Bonchev–Trinajstić information content (AvgIpc) is 3.11. The highest BCUT2D eigenvalue weighted by molar-refractivity contribution is 6.11. The Kier molecular flexibility index (Phi) is 2.38. The first-order chi connectivity index (χ1) is 10.2. The van der Waals surface area contributed by atoms with Crippen LogP contribution in [0.5, 0.6) is 5.75 Å². The molecular weight excluding hydrogens is 266 g/mol. The maximum Gasteiger partial charge on any atom is 0.209 e. The van der Waals surface area contributed by atoms with Gasteiger partial charge in [0.05, 0.1) is 12.0 Å². The third kappa shape index (κ3) is 1.89. The van der Waals surface area contributed by atoms with Crippen LogP contribution in [0.2, 0.25) is 0 Å². The van der Waals surface area contributed by atoms with E-state index in [2.05, 4.69) is 4.98 Å². The Balaban J connectivity index is 1.81. The fourth-order valence-electron chi connectivity index (χ4n) is 2.51. The van der Waals surface area contributed by atoms with E-state index in [4.69, 9.17) is 4.42 Å². The van der Waals surface area contributed by atoms with Crippen LogP contribution >= 0.6 is 0 Å². The quantitative estimate of drug-likeness (QED) is 0.547. The molecule has 0 aliphatic heterocycles. The molecule has 0 saturated carbocycles.